The number of hydrogen-bond acceptors (Lipinski definition) is 9. The van der Waals surface area contributed by atoms with Crippen LogP contribution in [0.4, 0.5) is 0 Å². The molecule has 0 saturated heterocycles. The van der Waals surface area contributed by atoms with E-state index in [1.165, 1.54) is 4.90 Å². The van der Waals surface area contributed by atoms with Crippen molar-refractivity contribution in [3.8, 4) is 5.75 Å². The summed E-state index contributed by atoms with van der Waals surface area (Å²) >= 11 is 0. The average molecular weight is 556 g/mol. The molecule has 0 bridgehead atoms. The van der Waals surface area contributed by atoms with Gasteiger partial charge < -0.3 is 21.3 Å². The van der Waals surface area contributed by atoms with Crippen molar-refractivity contribution >= 4 is 29.0 Å². The molecule has 0 radical (unpaired) electrons. The summed E-state index contributed by atoms with van der Waals surface area (Å²) in [5.41, 5.74) is 4.76. The molecule has 218 valence electrons. The fraction of sp³-hybridized carbons (Fsp3) is 0.633. The number of likely N-dealkylation sites (N-methyl/N-ethyl adjacent to an activating group) is 1. The van der Waals surface area contributed by atoms with Gasteiger partial charge in [-0.2, -0.15) is 0 Å². The summed E-state index contributed by atoms with van der Waals surface area (Å²) in [6.45, 7) is 11.2. The predicted octanol–water partition coefficient (Wildman–Crippen LogP) is 1.13. The first-order valence-electron chi connectivity index (χ1n) is 13.9. The zero-order valence-electron chi connectivity index (χ0n) is 24.3. The molecule has 0 spiro atoms. The van der Waals surface area contributed by atoms with Crippen LogP contribution in [0.5, 0.6) is 5.75 Å². The number of nitrogens with one attached hydrogen (secondary N) is 1. The summed E-state index contributed by atoms with van der Waals surface area (Å²) in [6.07, 6.45) is 0.305. The van der Waals surface area contributed by atoms with Crippen molar-refractivity contribution in [2.45, 2.75) is 71.6 Å². The molecule has 0 aliphatic heterocycles. The van der Waals surface area contributed by atoms with E-state index in [2.05, 4.69) is 26.1 Å². The molecular weight excluding hydrogens is 514 g/mol. The topological polar surface area (TPSA) is 167 Å². The van der Waals surface area contributed by atoms with Gasteiger partial charge in [0.2, 0.25) is 5.91 Å². The number of aliphatic hydroxyl groups is 1. The zero-order valence-corrected chi connectivity index (χ0v) is 24.3. The van der Waals surface area contributed by atoms with Crippen LogP contribution in [0.2, 0.25) is 0 Å². The van der Waals surface area contributed by atoms with Gasteiger partial charge in [-0.15, -0.1) is 0 Å². The highest BCUT2D eigenvalue weighted by Gasteiger charge is 2.69. The van der Waals surface area contributed by atoms with E-state index in [0.29, 0.717) is 24.2 Å². The molecule has 10 heteroatoms. The second kappa shape index (κ2) is 10.2. The highest BCUT2D eigenvalue weighted by atomic mass is 16.3. The Morgan fingerprint density at radius 3 is 2.33 bits per heavy atom. The van der Waals surface area contributed by atoms with E-state index in [9.17, 15) is 34.2 Å². The van der Waals surface area contributed by atoms with Gasteiger partial charge in [-0.3, -0.25) is 28.9 Å². The number of Topliss-reactive ketones (excluding diaryl/α,β-unsaturated/α-hetero) is 4. The van der Waals surface area contributed by atoms with E-state index in [1.807, 2.05) is 19.9 Å². The molecule has 1 amide bonds. The lowest BCUT2D eigenvalue weighted by molar-refractivity contribution is -0.181. The monoisotopic (exact) mass is 555 g/mol. The van der Waals surface area contributed by atoms with Crippen molar-refractivity contribution in [1.82, 2.24) is 10.2 Å². The fourth-order valence-corrected chi connectivity index (χ4v) is 6.98. The lowest BCUT2D eigenvalue weighted by atomic mass is 9.52. The van der Waals surface area contributed by atoms with Crippen LogP contribution in [0.15, 0.2) is 6.07 Å². The zero-order chi connectivity index (χ0) is 30.1. The van der Waals surface area contributed by atoms with Crippen LogP contribution >= 0.6 is 0 Å². The summed E-state index contributed by atoms with van der Waals surface area (Å²) in [5, 5.41) is 26.4. The molecule has 2 unspecified atom stereocenters. The Balaban J connectivity index is 1.83. The van der Waals surface area contributed by atoms with Crippen molar-refractivity contribution in [2.75, 3.05) is 20.6 Å². The molecule has 1 aromatic rings. The third kappa shape index (κ3) is 4.59. The normalized spacial score (nSPS) is 30.4. The van der Waals surface area contributed by atoms with Crippen LogP contribution in [-0.2, 0) is 32.1 Å². The fourth-order valence-electron chi connectivity index (χ4n) is 6.98. The lowest BCUT2D eigenvalue weighted by Gasteiger charge is -2.52. The van der Waals surface area contributed by atoms with E-state index < -0.39 is 64.4 Å². The standard InChI is InChI=1S/C30H41N3O7/c1-13(2)16-9-15(11-32-12-29(3,4)5)23(34)20-17(16)8-14-10-18-22(33(6)7)25(36)21(28(31)39)27(38)30(18,40)26(37)19(14)24(20)35/h9,13-14,18-19,21-22,32,34,40H,8,10-12H2,1-7H3,(H2,31,39)/t14-,18-,19?,21?,22+,30-/m0/s1. The van der Waals surface area contributed by atoms with Gasteiger partial charge in [0.15, 0.2) is 34.7 Å². The number of nitrogens with two attached hydrogens (primary N) is 1. The van der Waals surface area contributed by atoms with Crippen LogP contribution in [-0.4, -0.2) is 76.4 Å². The Morgan fingerprint density at radius 2 is 1.80 bits per heavy atom. The van der Waals surface area contributed by atoms with Crippen LogP contribution in [0.3, 0.4) is 0 Å². The van der Waals surface area contributed by atoms with Gasteiger partial charge in [0.1, 0.15) is 5.75 Å². The summed E-state index contributed by atoms with van der Waals surface area (Å²) in [6, 6.07) is 0.785. The number of carbonyl (C=O) groups excluding carboxylic acids is 5. The Bertz CT molecular complexity index is 1290. The Hall–Kier alpha value is -2.95. The Kier molecular flexibility index (Phi) is 7.62. The number of primary amides is 1. The van der Waals surface area contributed by atoms with Gasteiger partial charge in [0.05, 0.1) is 17.5 Å². The Morgan fingerprint density at radius 1 is 1.18 bits per heavy atom. The number of benzene rings is 1. The molecule has 10 nitrogen and oxygen atoms in total. The number of rotatable bonds is 6. The van der Waals surface area contributed by atoms with Crippen LogP contribution in [0.1, 0.15) is 74.0 Å². The molecule has 4 rings (SSSR count). The minimum atomic E-state index is -2.72. The molecule has 40 heavy (non-hydrogen) atoms. The van der Waals surface area contributed by atoms with Crippen molar-refractivity contribution in [2.24, 2.45) is 34.8 Å². The van der Waals surface area contributed by atoms with Crippen molar-refractivity contribution in [3.05, 3.63) is 28.3 Å². The second-order valence-electron chi connectivity index (χ2n) is 13.4. The summed E-state index contributed by atoms with van der Waals surface area (Å²) in [4.78, 5) is 68.4. The molecule has 2 saturated carbocycles. The highest BCUT2D eigenvalue weighted by molar-refractivity contribution is 6.32. The molecule has 0 aromatic heterocycles. The maximum absolute atomic E-state index is 14.1. The van der Waals surface area contributed by atoms with Crippen LogP contribution in [0.25, 0.3) is 0 Å². The van der Waals surface area contributed by atoms with Crippen LogP contribution in [0, 0.1) is 29.1 Å². The van der Waals surface area contributed by atoms with E-state index in [-0.39, 0.29) is 35.5 Å². The van der Waals surface area contributed by atoms with E-state index in [4.69, 9.17) is 5.73 Å². The molecule has 2 fully saturated rings. The number of ketones is 4. The maximum atomic E-state index is 14.1. The van der Waals surface area contributed by atoms with Crippen LogP contribution < -0.4 is 11.1 Å². The van der Waals surface area contributed by atoms with Crippen molar-refractivity contribution in [1.29, 1.82) is 0 Å². The first kappa shape index (κ1) is 30.0. The maximum Gasteiger partial charge on any atom is 0.235 e. The minimum absolute atomic E-state index is 0.00461. The quantitative estimate of drug-likeness (QED) is 0.376. The minimum Gasteiger partial charge on any atom is -0.507 e. The first-order valence-corrected chi connectivity index (χ1v) is 13.9. The largest absolute Gasteiger partial charge is 0.507 e. The number of phenolic OH excluding ortho intramolecular Hbond substituents is 1. The number of carbonyl (C=O) groups is 5. The van der Waals surface area contributed by atoms with E-state index in [1.54, 1.807) is 14.1 Å². The number of fused-ring (bicyclic) bond motifs is 3. The molecule has 6 atom stereocenters. The Labute approximate surface area is 234 Å². The van der Waals surface area contributed by atoms with Gasteiger partial charge in [-0.1, -0.05) is 40.7 Å². The number of nitrogens with zero attached hydrogens (tertiary/aromatic N) is 1. The van der Waals surface area contributed by atoms with Gasteiger partial charge in [-0.25, -0.2) is 0 Å². The second-order valence-corrected chi connectivity index (χ2v) is 13.4. The first-order chi connectivity index (χ1) is 18.4. The third-order valence-electron chi connectivity index (χ3n) is 8.77. The summed E-state index contributed by atoms with van der Waals surface area (Å²) in [7, 11) is 3.14. The van der Waals surface area contributed by atoms with Crippen molar-refractivity contribution in [3.63, 3.8) is 0 Å². The summed E-state index contributed by atoms with van der Waals surface area (Å²) < 4.78 is 0. The smallest absolute Gasteiger partial charge is 0.235 e. The lowest BCUT2D eigenvalue weighted by Crippen LogP contribution is -2.74. The molecule has 3 aliphatic carbocycles. The molecule has 5 N–H and O–H groups in total. The summed E-state index contributed by atoms with van der Waals surface area (Å²) in [5.74, 6) is -10.2. The SMILES string of the molecule is CC(C)c1cc(CNCC(C)(C)C)c(O)c2c1C[C@H]1C[C@H]3[C@@H](N(C)C)C(=O)C(C(N)=O)C(=O)[C@@]3(O)C(=O)C1C2=O. The highest BCUT2D eigenvalue weighted by Crippen LogP contribution is 2.51. The van der Waals surface area contributed by atoms with Gasteiger partial charge in [-0.05, 0) is 55.3 Å². The van der Waals surface area contributed by atoms with Gasteiger partial charge in [0.25, 0.3) is 0 Å². The number of aromatic hydroxyl groups is 1. The average Bonchev–Trinajstić information content (AvgIpc) is 2.81. The number of phenols is 1. The molecule has 3 aliphatic rings. The van der Waals surface area contributed by atoms with E-state index >= 15 is 0 Å². The third-order valence-corrected chi connectivity index (χ3v) is 8.77. The van der Waals surface area contributed by atoms with Gasteiger partial charge in [0, 0.05) is 24.6 Å². The van der Waals surface area contributed by atoms with Gasteiger partial charge >= 0.3 is 0 Å². The molecular formula is C30H41N3O7. The van der Waals surface area contributed by atoms with Crippen molar-refractivity contribution < 1.29 is 34.2 Å². The predicted molar refractivity (Wildman–Crippen MR) is 147 cm³/mol. The molecule has 0 heterocycles. The van der Waals surface area contributed by atoms with E-state index in [0.717, 1.165) is 5.56 Å². The molecule has 1 aromatic carbocycles. The number of amides is 1. The number of hydrogen-bond donors (Lipinski definition) is 4.